The van der Waals surface area contributed by atoms with E-state index in [1.165, 1.54) is 0 Å². The number of rotatable bonds is 4. The van der Waals surface area contributed by atoms with E-state index >= 15 is 0 Å². The summed E-state index contributed by atoms with van der Waals surface area (Å²) in [7, 11) is 0. The van der Waals surface area contributed by atoms with Gasteiger partial charge in [0.1, 0.15) is 0 Å². The molecule has 0 unspecified atom stereocenters. The van der Waals surface area contributed by atoms with Gasteiger partial charge in [-0.3, -0.25) is 4.79 Å². The Morgan fingerprint density at radius 1 is 1.67 bits per heavy atom. The Labute approximate surface area is 71.4 Å². The Balaban J connectivity index is 2.75. The van der Waals surface area contributed by atoms with Crippen LogP contribution in [0.3, 0.4) is 0 Å². The molecule has 0 radical (unpaired) electrons. The summed E-state index contributed by atoms with van der Waals surface area (Å²) in [6, 6.07) is 3.40. The van der Waals surface area contributed by atoms with E-state index in [0.29, 0.717) is 18.1 Å². The van der Waals surface area contributed by atoms with Crippen molar-refractivity contribution in [2.24, 2.45) is 0 Å². The molecule has 0 aromatic carbocycles. The summed E-state index contributed by atoms with van der Waals surface area (Å²) in [6.45, 7) is 2.60. The molecule has 0 N–H and O–H groups in total. The van der Waals surface area contributed by atoms with Gasteiger partial charge in [0.25, 0.3) is 0 Å². The van der Waals surface area contributed by atoms with Crippen LogP contribution >= 0.6 is 0 Å². The molecule has 3 heteroatoms. The predicted octanol–water partition coefficient (Wildman–Crippen LogP) is 1.68. The fourth-order valence-corrected chi connectivity index (χ4v) is 0.812. The zero-order valence-corrected chi connectivity index (χ0v) is 6.99. The summed E-state index contributed by atoms with van der Waals surface area (Å²) in [5.74, 6) is 0.425. The molecule has 12 heavy (non-hydrogen) atoms. The third-order valence-electron chi connectivity index (χ3n) is 1.37. The zero-order valence-electron chi connectivity index (χ0n) is 6.99. The van der Waals surface area contributed by atoms with E-state index in [9.17, 15) is 4.79 Å². The van der Waals surface area contributed by atoms with Crippen LogP contribution in [0.5, 0.6) is 5.88 Å². The van der Waals surface area contributed by atoms with E-state index in [0.717, 1.165) is 12.7 Å². The van der Waals surface area contributed by atoms with Gasteiger partial charge in [0.05, 0.1) is 12.2 Å². The van der Waals surface area contributed by atoms with E-state index in [-0.39, 0.29) is 0 Å². The third-order valence-corrected chi connectivity index (χ3v) is 1.37. The van der Waals surface area contributed by atoms with Gasteiger partial charge in [0.2, 0.25) is 5.88 Å². The molecule has 0 spiro atoms. The second kappa shape index (κ2) is 4.49. The first-order chi connectivity index (χ1) is 5.88. The van der Waals surface area contributed by atoms with Crippen LogP contribution in [-0.2, 0) is 0 Å². The molecule has 3 nitrogen and oxygen atoms in total. The van der Waals surface area contributed by atoms with Crippen molar-refractivity contribution in [3.05, 3.63) is 23.9 Å². The monoisotopic (exact) mass is 165 g/mol. The van der Waals surface area contributed by atoms with Crippen LogP contribution in [0.2, 0.25) is 0 Å². The standard InChI is InChI=1S/C9H11NO2/c1-2-6-12-9-8(7-11)4-3-5-10-9/h3-5,7H,2,6H2,1H3. The highest BCUT2D eigenvalue weighted by molar-refractivity contribution is 5.77. The van der Waals surface area contributed by atoms with Gasteiger partial charge in [-0.2, -0.15) is 0 Å². The number of ether oxygens (including phenoxy) is 1. The maximum atomic E-state index is 10.5. The summed E-state index contributed by atoms with van der Waals surface area (Å²) in [5, 5.41) is 0. The molecule has 1 heterocycles. The maximum absolute atomic E-state index is 10.5. The number of aromatic nitrogens is 1. The van der Waals surface area contributed by atoms with E-state index in [1.54, 1.807) is 18.3 Å². The van der Waals surface area contributed by atoms with Crippen molar-refractivity contribution in [2.45, 2.75) is 13.3 Å². The van der Waals surface area contributed by atoms with Gasteiger partial charge >= 0.3 is 0 Å². The maximum Gasteiger partial charge on any atom is 0.224 e. The molecule has 1 rings (SSSR count). The molecule has 0 aliphatic rings. The zero-order chi connectivity index (χ0) is 8.81. The van der Waals surface area contributed by atoms with Crippen molar-refractivity contribution < 1.29 is 9.53 Å². The lowest BCUT2D eigenvalue weighted by Crippen LogP contribution is -2.00. The minimum atomic E-state index is 0.425. The Morgan fingerprint density at radius 3 is 3.17 bits per heavy atom. The van der Waals surface area contributed by atoms with Crippen LogP contribution in [0, 0.1) is 0 Å². The number of hydrogen-bond acceptors (Lipinski definition) is 3. The van der Waals surface area contributed by atoms with E-state index < -0.39 is 0 Å². The van der Waals surface area contributed by atoms with Crippen LogP contribution in [0.25, 0.3) is 0 Å². The van der Waals surface area contributed by atoms with E-state index in [4.69, 9.17) is 4.74 Å². The molecule has 0 aliphatic carbocycles. The van der Waals surface area contributed by atoms with Crippen molar-refractivity contribution in [2.75, 3.05) is 6.61 Å². The van der Waals surface area contributed by atoms with Crippen molar-refractivity contribution >= 4 is 6.29 Å². The van der Waals surface area contributed by atoms with Crippen LogP contribution in [0.15, 0.2) is 18.3 Å². The molecule has 0 aliphatic heterocycles. The van der Waals surface area contributed by atoms with Crippen molar-refractivity contribution in [1.82, 2.24) is 4.98 Å². The SMILES string of the molecule is CCCOc1ncccc1C=O. The lowest BCUT2D eigenvalue weighted by atomic mass is 10.3. The molecular weight excluding hydrogens is 154 g/mol. The Bertz CT molecular complexity index is 260. The minimum Gasteiger partial charge on any atom is -0.477 e. The number of carbonyl (C=O) groups is 1. The van der Waals surface area contributed by atoms with Crippen molar-refractivity contribution in [3.63, 3.8) is 0 Å². The Morgan fingerprint density at radius 2 is 2.50 bits per heavy atom. The largest absolute Gasteiger partial charge is 0.477 e. The smallest absolute Gasteiger partial charge is 0.224 e. The van der Waals surface area contributed by atoms with Crippen molar-refractivity contribution in [3.8, 4) is 5.88 Å². The molecule has 0 atom stereocenters. The molecular formula is C9H11NO2. The molecule has 1 aromatic rings. The normalized spacial score (nSPS) is 9.42. The van der Waals surface area contributed by atoms with E-state index in [1.807, 2.05) is 6.92 Å². The van der Waals surface area contributed by atoms with Gasteiger partial charge in [0.15, 0.2) is 6.29 Å². The van der Waals surface area contributed by atoms with Crippen LogP contribution in [0.4, 0.5) is 0 Å². The van der Waals surface area contributed by atoms with Gasteiger partial charge in [0, 0.05) is 6.20 Å². The quantitative estimate of drug-likeness (QED) is 0.637. The first-order valence-electron chi connectivity index (χ1n) is 3.91. The Hall–Kier alpha value is -1.38. The van der Waals surface area contributed by atoms with E-state index in [2.05, 4.69) is 4.98 Å². The second-order valence-electron chi connectivity index (χ2n) is 2.36. The molecule has 0 saturated heterocycles. The lowest BCUT2D eigenvalue weighted by Gasteiger charge is -2.03. The summed E-state index contributed by atoms with van der Waals surface area (Å²) in [4.78, 5) is 14.4. The first-order valence-corrected chi connectivity index (χ1v) is 3.91. The summed E-state index contributed by atoms with van der Waals surface area (Å²) in [5.41, 5.74) is 0.506. The molecule has 64 valence electrons. The summed E-state index contributed by atoms with van der Waals surface area (Å²) < 4.78 is 5.23. The van der Waals surface area contributed by atoms with Gasteiger partial charge in [-0.15, -0.1) is 0 Å². The third kappa shape index (κ3) is 2.05. The van der Waals surface area contributed by atoms with Gasteiger partial charge in [-0.05, 0) is 18.6 Å². The fourth-order valence-electron chi connectivity index (χ4n) is 0.812. The molecule has 0 fully saturated rings. The number of carbonyl (C=O) groups excluding carboxylic acids is 1. The topological polar surface area (TPSA) is 39.2 Å². The number of hydrogen-bond donors (Lipinski definition) is 0. The molecule has 0 amide bonds. The average Bonchev–Trinajstić information content (AvgIpc) is 2.15. The number of nitrogens with zero attached hydrogens (tertiary/aromatic N) is 1. The Kier molecular flexibility index (Phi) is 3.26. The molecule has 1 aromatic heterocycles. The highest BCUT2D eigenvalue weighted by atomic mass is 16.5. The summed E-state index contributed by atoms with van der Waals surface area (Å²) >= 11 is 0. The highest BCUT2D eigenvalue weighted by Gasteiger charge is 2.00. The second-order valence-corrected chi connectivity index (χ2v) is 2.36. The molecule has 0 saturated carbocycles. The van der Waals surface area contributed by atoms with Crippen LogP contribution < -0.4 is 4.74 Å². The summed E-state index contributed by atoms with van der Waals surface area (Å²) in [6.07, 6.45) is 3.27. The van der Waals surface area contributed by atoms with Gasteiger partial charge in [-0.25, -0.2) is 4.98 Å². The van der Waals surface area contributed by atoms with Gasteiger partial charge in [-0.1, -0.05) is 6.92 Å². The fraction of sp³-hybridized carbons (Fsp3) is 0.333. The first kappa shape index (κ1) is 8.71. The van der Waals surface area contributed by atoms with Gasteiger partial charge < -0.3 is 4.74 Å². The lowest BCUT2D eigenvalue weighted by molar-refractivity contribution is 0.111. The highest BCUT2D eigenvalue weighted by Crippen LogP contribution is 2.11. The number of aldehydes is 1. The number of pyridine rings is 1. The van der Waals surface area contributed by atoms with Crippen LogP contribution in [-0.4, -0.2) is 17.9 Å². The van der Waals surface area contributed by atoms with Crippen molar-refractivity contribution in [1.29, 1.82) is 0 Å². The van der Waals surface area contributed by atoms with Crippen LogP contribution in [0.1, 0.15) is 23.7 Å². The average molecular weight is 165 g/mol. The predicted molar refractivity (Wildman–Crippen MR) is 45.4 cm³/mol. The molecule has 0 bridgehead atoms. The minimum absolute atomic E-state index is 0.425.